The molecule has 6 atom stereocenters. The maximum Gasteiger partial charge on any atom is 2.00 e. The number of aryl methyl sites for hydroxylation is 2. The molecule has 2 aromatic carbocycles. The zero-order valence-electron chi connectivity index (χ0n) is 46.1. The molecular formula is C60H94CaO10. The Balaban J connectivity index is 0.000000480. The molecule has 0 saturated heterocycles. The second kappa shape index (κ2) is 33.9. The number of carboxylic acids is 2. The third-order valence-corrected chi connectivity index (χ3v) is 14.7. The molecule has 0 aromatic heterocycles. The van der Waals surface area contributed by atoms with Crippen molar-refractivity contribution in [1.82, 2.24) is 0 Å². The van der Waals surface area contributed by atoms with Crippen LogP contribution < -0.4 is 29.2 Å². The van der Waals surface area contributed by atoms with Gasteiger partial charge in [-0.1, -0.05) is 145 Å². The molecule has 0 aliphatic carbocycles. The van der Waals surface area contributed by atoms with E-state index < -0.39 is 23.9 Å². The van der Waals surface area contributed by atoms with Crippen LogP contribution in [0.25, 0.3) is 0 Å². The van der Waals surface area contributed by atoms with Crippen LogP contribution in [0.2, 0.25) is 0 Å². The van der Waals surface area contributed by atoms with Crippen molar-refractivity contribution in [1.29, 1.82) is 0 Å². The molecule has 0 N–H and O–H groups in total. The summed E-state index contributed by atoms with van der Waals surface area (Å²) in [6, 6.07) is 10.8. The van der Waals surface area contributed by atoms with Crippen LogP contribution >= 0.6 is 0 Å². The van der Waals surface area contributed by atoms with Gasteiger partial charge < -0.3 is 38.7 Å². The summed E-state index contributed by atoms with van der Waals surface area (Å²) in [6.07, 6.45) is 25.7. The van der Waals surface area contributed by atoms with Crippen LogP contribution in [-0.2, 0) is 32.0 Å². The third-order valence-electron chi connectivity index (χ3n) is 14.7. The van der Waals surface area contributed by atoms with E-state index in [-0.39, 0.29) is 74.6 Å². The predicted octanol–water partition coefficient (Wildman–Crippen LogP) is 12.9. The van der Waals surface area contributed by atoms with Gasteiger partial charge in [0.05, 0.1) is 12.8 Å². The van der Waals surface area contributed by atoms with Crippen molar-refractivity contribution in [3.8, 4) is 23.0 Å². The predicted molar refractivity (Wildman–Crippen MR) is 283 cm³/mol. The summed E-state index contributed by atoms with van der Waals surface area (Å²) >= 11 is 0. The van der Waals surface area contributed by atoms with Gasteiger partial charge >= 0.3 is 49.7 Å². The molecule has 0 amide bonds. The molecule has 6 unspecified atom stereocenters. The van der Waals surface area contributed by atoms with Gasteiger partial charge in [0.15, 0.2) is 0 Å². The average Bonchev–Trinajstić information content (AvgIpc) is 3.27. The molecule has 71 heavy (non-hydrogen) atoms. The summed E-state index contributed by atoms with van der Waals surface area (Å²) in [6.45, 7) is 23.2. The standard InChI is InChI=1S/2C30H48O5.Ca/c2*1-22(2)9-6-10-23(3)11-7-12-24(4)13-8-19-30(5)20-18-25-21-26(14-15-27(25)35-30)34-29(33)17-16-28(31)32;/h2*14-15,21-24H,6-13,16-20H2,1-5H3,(H,31,32);/q;;+2/p-2. The van der Waals surface area contributed by atoms with Crippen molar-refractivity contribution in [3.63, 3.8) is 0 Å². The smallest absolute Gasteiger partial charge is 0.550 e. The quantitative estimate of drug-likeness (QED) is 0.0393. The molecule has 0 saturated carbocycles. The monoisotopic (exact) mass is 1010 g/mol. The number of hydrogen-bond acceptors (Lipinski definition) is 10. The number of fused-ring (bicyclic) bond motifs is 2. The van der Waals surface area contributed by atoms with Gasteiger partial charge in [-0.2, -0.15) is 0 Å². The maximum absolute atomic E-state index is 11.8. The minimum atomic E-state index is -1.25. The second-order valence-electron chi connectivity index (χ2n) is 23.1. The zero-order valence-corrected chi connectivity index (χ0v) is 48.3. The number of esters is 2. The molecule has 2 aliphatic rings. The first-order valence-electron chi connectivity index (χ1n) is 27.6. The molecule has 11 heteroatoms. The Labute approximate surface area is 460 Å². The van der Waals surface area contributed by atoms with E-state index in [0.717, 1.165) is 96.7 Å². The van der Waals surface area contributed by atoms with E-state index in [1.54, 1.807) is 12.1 Å². The fourth-order valence-corrected chi connectivity index (χ4v) is 9.99. The number of benzene rings is 2. The zero-order chi connectivity index (χ0) is 51.7. The number of carbonyl (C=O) groups is 4. The van der Waals surface area contributed by atoms with Crippen LogP contribution in [-0.4, -0.2) is 72.8 Å². The largest absolute Gasteiger partial charge is 2.00 e. The molecule has 2 heterocycles. The topological polar surface area (TPSA) is 151 Å². The van der Waals surface area contributed by atoms with Gasteiger partial charge in [0.2, 0.25) is 0 Å². The molecule has 2 aliphatic heterocycles. The molecular weight excluding hydrogens is 921 g/mol. The minimum absolute atomic E-state index is 0. The van der Waals surface area contributed by atoms with Crippen LogP contribution in [0.15, 0.2) is 36.4 Å². The Morgan fingerprint density at radius 2 is 0.803 bits per heavy atom. The van der Waals surface area contributed by atoms with Gasteiger partial charge in [-0.15, -0.1) is 0 Å². The van der Waals surface area contributed by atoms with E-state index in [1.165, 1.54) is 103 Å². The number of rotatable bonds is 32. The van der Waals surface area contributed by atoms with Crippen molar-refractivity contribution in [2.24, 2.45) is 35.5 Å². The van der Waals surface area contributed by atoms with Crippen LogP contribution in [0.3, 0.4) is 0 Å². The van der Waals surface area contributed by atoms with Crippen LogP contribution in [0.4, 0.5) is 0 Å². The number of carbonyl (C=O) groups excluding carboxylic acids is 4. The van der Waals surface area contributed by atoms with E-state index >= 15 is 0 Å². The Bertz CT molecular complexity index is 1740. The molecule has 2 aromatic rings. The van der Waals surface area contributed by atoms with Gasteiger partial charge in [-0.25, -0.2) is 0 Å². The summed E-state index contributed by atoms with van der Waals surface area (Å²) in [4.78, 5) is 44.6. The summed E-state index contributed by atoms with van der Waals surface area (Å²) in [5.74, 6) is 3.79. The summed E-state index contributed by atoms with van der Waals surface area (Å²) in [7, 11) is 0. The van der Waals surface area contributed by atoms with Gasteiger partial charge in [0.25, 0.3) is 0 Å². The minimum Gasteiger partial charge on any atom is -0.550 e. The number of aliphatic carboxylic acids is 2. The summed E-state index contributed by atoms with van der Waals surface area (Å²) in [5, 5.41) is 21.0. The fourth-order valence-electron chi connectivity index (χ4n) is 9.99. The normalized spacial score (nSPS) is 18.8. The van der Waals surface area contributed by atoms with Crippen molar-refractivity contribution >= 4 is 61.6 Å². The average molecular weight is 1020 g/mol. The summed E-state index contributed by atoms with van der Waals surface area (Å²) in [5.41, 5.74) is 1.74. The molecule has 4 rings (SSSR count). The third kappa shape index (κ3) is 27.9. The number of ether oxygens (including phenoxy) is 4. The molecule has 396 valence electrons. The molecule has 0 bridgehead atoms. The van der Waals surface area contributed by atoms with E-state index in [4.69, 9.17) is 18.9 Å². The Hall–Kier alpha value is -2.82. The molecule has 0 radical (unpaired) electrons. The Kier molecular flexibility index (Phi) is 30.7. The van der Waals surface area contributed by atoms with E-state index in [9.17, 15) is 29.4 Å². The SMILES string of the molecule is CC(C)CCCC(C)CCCC(C)CCCC1(C)CCc2cc(OC(=O)CCC(=O)[O-])ccc2O1.CC(C)CCCC(C)CCCC(C)CCCC1(C)CCc2cc(OC(=O)CCC(=O)[O-])ccc2O1.[Ca+2]. The number of hydrogen-bond donors (Lipinski definition) is 0. The Morgan fingerprint density at radius 1 is 0.493 bits per heavy atom. The maximum atomic E-state index is 11.8. The van der Waals surface area contributed by atoms with Crippen molar-refractivity contribution < 1.29 is 48.3 Å². The van der Waals surface area contributed by atoms with Crippen LogP contribution in [0, 0.1) is 35.5 Å². The Morgan fingerprint density at radius 3 is 1.11 bits per heavy atom. The number of carboxylic acid groups (broad SMARTS) is 2. The van der Waals surface area contributed by atoms with Gasteiger partial charge in [0, 0.05) is 11.9 Å². The first-order valence-corrected chi connectivity index (χ1v) is 27.6. The summed E-state index contributed by atoms with van der Waals surface area (Å²) < 4.78 is 23.3. The first-order chi connectivity index (χ1) is 33.1. The van der Waals surface area contributed by atoms with Crippen molar-refractivity contribution in [2.45, 2.75) is 247 Å². The van der Waals surface area contributed by atoms with Crippen LogP contribution in [0.5, 0.6) is 23.0 Å². The molecule has 0 spiro atoms. The second-order valence-corrected chi connectivity index (χ2v) is 23.1. The van der Waals surface area contributed by atoms with Gasteiger partial charge in [-0.3, -0.25) is 9.59 Å². The van der Waals surface area contributed by atoms with E-state index in [0.29, 0.717) is 11.5 Å². The first kappa shape index (κ1) is 64.3. The molecule has 10 nitrogen and oxygen atoms in total. The van der Waals surface area contributed by atoms with Crippen molar-refractivity contribution in [2.75, 3.05) is 0 Å². The van der Waals surface area contributed by atoms with Gasteiger partial charge in [-0.05, 0) is 161 Å². The van der Waals surface area contributed by atoms with E-state index in [1.807, 2.05) is 24.3 Å². The van der Waals surface area contributed by atoms with Crippen molar-refractivity contribution in [3.05, 3.63) is 47.5 Å². The molecule has 0 fully saturated rings. The fraction of sp³-hybridized carbons (Fsp3) is 0.733. The van der Waals surface area contributed by atoms with Gasteiger partial charge in [0.1, 0.15) is 34.2 Å². The van der Waals surface area contributed by atoms with E-state index in [2.05, 4.69) is 69.2 Å². The van der Waals surface area contributed by atoms with Crippen LogP contribution in [0.1, 0.15) is 234 Å².